The van der Waals surface area contributed by atoms with Crippen LogP contribution in [0.15, 0.2) is 29.3 Å². The van der Waals surface area contributed by atoms with Gasteiger partial charge in [0.2, 0.25) is 5.91 Å². The van der Waals surface area contributed by atoms with Gasteiger partial charge in [-0.2, -0.15) is 0 Å². The second-order valence-corrected chi connectivity index (χ2v) is 8.18. The van der Waals surface area contributed by atoms with Crippen LogP contribution in [0.3, 0.4) is 0 Å². The molecule has 2 fully saturated rings. The lowest BCUT2D eigenvalue weighted by atomic mass is 10.2. The molecule has 2 aliphatic heterocycles. The first-order valence-electron chi connectivity index (χ1n) is 10.9. The predicted octanol–water partition coefficient (Wildman–Crippen LogP) is 2.15. The molecule has 1 aliphatic carbocycles. The third kappa shape index (κ3) is 4.32. The summed E-state index contributed by atoms with van der Waals surface area (Å²) in [6, 6.07) is 9.37. The zero-order chi connectivity index (χ0) is 19.3. The summed E-state index contributed by atoms with van der Waals surface area (Å²) in [7, 11) is 0. The van der Waals surface area contributed by atoms with Crippen molar-refractivity contribution in [3.63, 3.8) is 0 Å². The molecule has 1 atom stereocenters. The Bertz CT molecular complexity index is 713. The molecule has 6 heteroatoms. The zero-order valence-electron chi connectivity index (χ0n) is 17.0. The van der Waals surface area contributed by atoms with Crippen LogP contribution in [0, 0.1) is 0 Å². The third-order valence-corrected chi connectivity index (χ3v) is 6.31. The lowest BCUT2D eigenvalue weighted by Crippen LogP contribution is -2.45. The van der Waals surface area contributed by atoms with E-state index < -0.39 is 0 Å². The Morgan fingerprint density at radius 2 is 2.00 bits per heavy atom. The minimum atomic E-state index is 0.0705. The van der Waals surface area contributed by atoms with Crippen molar-refractivity contribution < 1.29 is 4.79 Å². The fourth-order valence-electron chi connectivity index (χ4n) is 4.85. The van der Waals surface area contributed by atoms with Gasteiger partial charge >= 0.3 is 0 Å². The Kier molecular flexibility index (Phi) is 6.15. The summed E-state index contributed by atoms with van der Waals surface area (Å²) in [6.45, 7) is 6.06. The Hall–Kier alpha value is -2.08. The maximum absolute atomic E-state index is 12.7. The van der Waals surface area contributed by atoms with Gasteiger partial charge in [0.1, 0.15) is 6.54 Å². The fraction of sp³-hybridized carbons (Fsp3) is 0.636. The second kappa shape index (κ2) is 8.95. The highest BCUT2D eigenvalue weighted by molar-refractivity contribution is 5.98. The first-order valence-corrected chi connectivity index (χ1v) is 10.9. The van der Waals surface area contributed by atoms with Gasteiger partial charge < -0.3 is 15.5 Å². The largest absolute Gasteiger partial charge is 0.357 e. The lowest BCUT2D eigenvalue weighted by Gasteiger charge is -2.24. The molecule has 1 aromatic rings. The normalized spacial score (nSPS) is 23.2. The quantitative estimate of drug-likeness (QED) is 0.604. The minimum absolute atomic E-state index is 0.0705. The predicted molar refractivity (Wildman–Crippen MR) is 114 cm³/mol. The number of likely N-dealkylation sites (tertiary alicyclic amines) is 1. The average molecular weight is 384 g/mol. The molecule has 0 radical (unpaired) electrons. The molecule has 2 N–H and O–H groups in total. The molecule has 1 aromatic carbocycles. The Morgan fingerprint density at radius 1 is 1.18 bits per heavy atom. The molecule has 1 unspecified atom stereocenters. The van der Waals surface area contributed by atoms with E-state index in [-0.39, 0.29) is 12.5 Å². The number of nitrogens with one attached hydrogen (secondary N) is 2. The van der Waals surface area contributed by atoms with Crippen LogP contribution in [-0.4, -0.2) is 61.6 Å². The number of fused-ring (bicyclic) bond motifs is 1. The first-order chi connectivity index (χ1) is 13.7. The highest BCUT2D eigenvalue weighted by Crippen LogP contribution is 2.28. The summed E-state index contributed by atoms with van der Waals surface area (Å²) >= 11 is 0. The number of benzene rings is 1. The van der Waals surface area contributed by atoms with Crippen molar-refractivity contribution in [2.75, 3.05) is 37.6 Å². The molecule has 0 spiro atoms. The number of nitrogens with zero attached hydrogens (tertiary/aromatic N) is 3. The summed E-state index contributed by atoms with van der Waals surface area (Å²) in [6.07, 6.45) is 7.55. The van der Waals surface area contributed by atoms with Gasteiger partial charge in [-0.15, -0.1) is 0 Å². The molecule has 2 heterocycles. The van der Waals surface area contributed by atoms with Crippen molar-refractivity contribution >= 4 is 17.6 Å². The van der Waals surface area contributed by atoms with Gasteiger partial charge in [0.05, 0.1) is 0 Å². The average Bonchev–Trinajstić information content (AvgIpc) is 3.45. The maximum atomic E-state index is 12.7. The highest BCUT2D eigenvalue weighted by atomic mass is 16.2. The minimum Gasteiger partial charge on any atom is -0.357 e. The molecule has 152 valence electrons. The van der Waals surface area contributed by atoms with Crippen LogP contribution in [0.5, 0.6) is 0 Å². The highest BCUT2D eigenvalue weighted by Gasteiger charge is 2.30. The zero-order valence-corrected chi connectivity index (χ0v) is 17.0. The van der Waals surface area contributed by atoms with Crippen LogP contribution in [0.4, 0.5) is 5.69 Å². The summed E-state index contributed by atoms with van der Waals surface area (Å²) in [5.74, 6) is 0.836. The fourth-order valence-corrected chi connectivity index (χ4v) is 4.85. The molecule has 1 saturated carbocycles. The SMILES string of the molecule is CCNC(=NCC(=O)N1CCc2ccccc21)NC1CCN(C2CCCC2)C1. The van der Waals surface area contributed by atoms with Crippen LogP contribution >= 0.6 is 0 Å². The van der Waals surface area contributed by atoms with Crippen molar-refractivity contribution in [1.29, 1.82) is 0 Å². The van der Waals surface area contributed by atoms with Gasteiger partial charge in [0.25, 0.3) is 0 Å². The van der Waals surface area contributed by atoms with Crippen LogP contribution in [0.2, 0.25) is 0 Å². The van der Waals surface area contributed by atoms with Crippen LogP contribution < -0.4 is 15.5 Å². The molecule has 0 aromatic heterocycles. The van der Waals surface area contributed by atoms with E-state index in [0.29, 0.717) is 6.04 Å². The number of hydrogen-bond donors (Lipinski definition) is 2. The molecular weight excluding hydrogens is 350 g/mol. The van der Waals surface area contributed by atoms with Crippen LogP contribution in [0.25, 0.3) is 0 Å². The van der Waals surface area contributed by atoms with E-state index >= 15 is 0 Å². The number of hydrogen-bond acceptors (Lipinski definition) is 3. The van der Waals surface area contributed by atoms with Gasteiger partial charge in [0.15, 0.2) is 5.96 Å². The third-order valence-electron chi connectivity index (χ3n) is 6.31. The molecule has 28 heavy (non-hydrogen) atoms. The number of anilines is 1. The molecule has 1 saturated heterocycles. The summed E-state index contributed by atoms with van der Waals surface area (Å²) in [5.41, 5.74) is 2.30. The van der Waals surface area contributed by atoms with Crippen molar-refractivity contribution in [3.05, 3.63) is 29.8 Å². The first kappa shape index (κ1) is 19.2. The number of guanidine groups is 1. The van der Waals surface area contributed by atoms with Crippen LogP contribution in [-0.2, 0) is 11.2 Å². The molecule has 1 amide bonds. The number of amides is 1. The Morgan fingerprint density at radius 3 is 2.82 bits per heavy atom. The number of rotatable bonds is 5. The smallest absolute Gasteiger partial charge is 0.248 e. The van der Waals surface area contributed by atoms with Crippen molar-refractivity contribution in [1.82, 2.24) is 15.5 Å². The molecule has 4 rings (SSSR count). The van der Waals surface area contributed by atoms with Crippen LogP contribution in [0.1, 0.15) is 44.6 Å². The molecule has 0 bridgehead atoms. The second-order valence-electron chi connectivity index (χ2n) is 8.18. The molecular formula is C22H33N5O. The Labute approximate surface area is 168 Å². The van der Waals surface area contributed by atoms with Crippen molar-refractivity contribution in [2.45, 2.75) is 57.5 Å². The van der Waals surface area contributed by atoms with E-state index in [9.17, 15) is 4.79 Å². The molecule has 3 aliphatic rings. The van der Waals surface area contributed by atoms with E-state index in [4.69, 9.17) is 0 Å². The lowest BCUT2D eigenvalue weighted by molar-refractivity contribution is -0.117. The van der Waals surface area contributed by atoms with Gasteiger partial charge in [-0.1, -0.05) is 31.0 Å². The van der Waals surface area contributed by atoms with E-state index in [2.05, 4.69) is 33.5 Å². The van der Waals surface area contributed by atoms with Gasteiger partial charge in [-0.25, -0.2) is 4.99 Å². The standard InChI is InChI=1S/C22H33N5O/c1-2-23-22(25-18-12-13-26(16-18)19-8-4-5-9-19)24-15-21(28)27-14-11-17-7-3-6-10-20(17)27/h3,6-7,10,18-19H,2,4-5,8-9,11-16H2,1H3,(H2,23,24,25). The monoisotopic (exact) mass is 383 g/mol. The van der Waals surface area contributed by atoms with Crippen molar-refractivity contribution in [2.24, 2.45) is 4.99 Å². The number of para-hydroxylation sites is 1. The van der Waals surface area contributed by atoms with Gasteiger partial charge in [-0.05, 0) is 44.2 Å². The van der Waals surface area contributed by atoms with Gasteiger partial charge in [-0.3, -0.25) is 9.69 Å². The maximum Gasteiger partial charge on any atom is 0.248 e. The van der Waals surface area contributed by atoms with Gasteiger partial charge in [0, 0.05) is 44.0 Å². The van der Waals surface area contributed by atoms with E-state index in [1.165, 1.54) is 37.8 Å². The number of carbonyl (C=O) groups is 1. The van der Waals surface area contributed by atoms with Crippen molar-refractivity contribution in [3.8, 4) is 0 Å². The summed E-state index contributed by atoms with van der Waals surface area (Å²) in [4.78, 5) is 21.9. The Balaban J connectivity index is 1.33. The van der Waals surface area contributed by atoms with E-state index in [1.54, 1.807) is 0 Å². The summed E-state index contributed by atoms with van der Waals surface area (Å²) < 4.78 is 0. The number of carbonyl (C=O) groups excluding carboxylic acids is 1. The topological polar surface area (TPSA) is 60.0 Å². The summed E-state index contributed by atoms with van der Waals surface area (Å²) in [5, 5.41) is 6.87. The van der Waals surface area contributed by atoms with E-state index in [1.807, 2.05) is 23.1 Å². The van der Waals surface area contributed by atoms with E-state index in [0.717, 1.165) is 50.2 Å². The molecule has 6 nitrogen and oxygen atoms in total. The number of aliphatic imine (C=N–C) groups is 1.